The normalized spacial score (nSPS) is 14.9. The monoisotopic (exact) mass is 493 g/mol. The van der Waals surface area contributed by atoms with Crippen molar-refractivity contribution in [3.05, 3.63) is 62.2 Å². The van der Waals surface area contributed by atoms with Crippen LogP contribution in [0.1, 0.15) is 25.0 Å². The highest BCUT2D eigenvalue weighted by Crippen LogP contribution is 2.37. The fourth-order valence-corrected chi connectivity index (χ4v) is 3.50. The van der Waals surface area contributed by atoms with Crippen LogP contribution in [0.15, 0.2) is 56.0 Å². The van der Waals surface area contributed by atoms with Crippen molar-refractivity contribution in [1.29, 1.82) is 0 Å². The van der Waals surface area contributed by atoms with Crippen molar-refractivity contribution in [2.24, 2.45) is 4.99 Å². The van der Waals surface area contributed by atoms with Gasteiger partial charge in [0.05, 0.1) is 17.7 Å². The summed E-state index contributed by atoms with van der Waals surface area (Å²) in [5.74, 6) is 1.02. The van der Waals surface area contributed by atoms with E-state index in [1.54, 1.807) is 6.08 Å². The molecule has 0 radical (unpaired) electrons. The standard InChI is InChI=1S/C20H17Br2NO4/c1-3-25-17-10-12(8-15(22)18(17)26-4-2)9-16-20(24)27-19(23-16)13-6-5-7-14(21)11-13/h5-11H,3-4H2,1-2H3/b16-9-. The van der Waals surface area contributed by atoms with E-state index in [1.165, 1.54) is 0 Å². The zero-order valence-electron chi connectivity index (χ0n) is 14.8. The van der Waals surface area contributed by atoms with Crippen LogP contribution in [0.2, 0.25) is 0 Å². The van der Waals surface area contributed by atoms with E-state index in [4.69, 9.17) is 14.2 Å². The molecule has 0 saturated heterocycles. The molecule has 1 heterocycles. The molecule has 27 heavy (non-hydrogen) atoms. The topological polar surface area (TPSA) is 57.1 Å². The van der Waals surface area contributed by atoms with Crippen LogP contribution < -0.4 is 9.47 Å². The maximum absolute atomic E-state index is 12.2. The van der Waals surface area contributed by atoms with Gasteiger partial charge in [0.15, 0.2) is 17.2 Å². The highest BCUT2D eigenvalue weighted by atomic mass is 79.9. The lowest BCUT2D eigenvalue weighted by Gasteiger charge is -2.13. The molecule has 0 N–H and O–H groups in total. The first-order valence-electron chi connectivity index (χ1n) is 8.39. The van der Waals surface area contributed by atoms with E-state index in [2.05, 4.69) is 36.9 Å². The van der Waals surface area contributed by atoms with Gasteiger partial charge in [-0.1, -0.05) is 22.0 Å². The Morgan fingerprint density at radius 3 is 2.59 bits per heavy atom. The van der Waals surface area contributed by atoms with Crippen LogP contribution in [0.3, 0.4) is 0 Å². The first kappa shape index (κ1) is 19.6. The average Bonchev–Trinajstić information content (AvgIpc) is 2.99. The molecule has 0 unspecified atom stereocenters. The zero-order chi connectivity index (χ0) is 19.4. The van der Waals surface area contributed by atoms with E-state index in [0.29, 0.717) is 24.7 Å². The number of aliphatic imine (C=N–C) groups is 1. The SMILES string of the molecule is CCOc1cc(/C=C2\N=C(c3cccc(Br)c3)OC2=O)cc(Br)c1OCC. The van der Waals surface area contributed by atoms with Gasteiger partial charge in [0, 0.05) is 10.0 Å². The van der Waals surface area contributed by atoms with Gasteiger partial charge in [0.1, 0.15) is 0 Å². The first-order valence-corrected chi connectivity index (χ1v) is 9.98. The van der Waals surface area contributed by atoms with Gasteiger partial charge in [-0.3, -0.25) is 0 Å². The fraction of sp³-hybridized carbons (Fsp3) is 0.200. The molecule has 1 aliphatic heterocycles. The Labute approximate surface area is 174 Å². The Hall–Kier alpha value is -2.12. The maximum atomic E-state index is 12.2. The van der Waals surface area contributed by atoms with Crippen molar-refractivity contribution in [1.82, 2.24) is 0 Å². The molecule has 0 saturated carbocycles. The van der Waals surface area contributed by atoms with Crippen LogP contribution in [0.25, 0.3) is 6.08 Å². The summed E-state index contributed by atoms with van der Waals surface area (Å²) < 4.78 is 18.2. The van der Waals surface area contributed by atoms with Gasteiger partial charge in [-0.25, -0.2) is 9.79 Å². The molecule has 7 heteroatoms. The lowest BCUT2D eigenvalue weighted by atomic mass is 10.1. The van der Waals surface area contributed by atoms with Crippen LogP contribution >= 0.6 is 31.9 Å². The van der Waals surface area contributed by atoms with Gasteiger partial charge in [-0.2, -0.15) is 0 Å². The van der Waals surface area contributed by atoms with E-state index < -0.39 is 5.97 Å². The number of esters is 1. The van der Waals surface area contributed by atoms with E-state index in [-0.39, 0.29) is 11.6 Å². The summed E-state index contributed by atoms with van der Waals surface area (Å²) in [6.45, 7) is 4.83. The van der Waals surface area contributed by atoms with Crippen molar-refractivity contribution >= 4 is 49.8 Å². The third kappa shape index (κ3) is 4.59. The number of benzene rings is 2. The second-order valence-corrected chi connectivity index (χ2v) is 7.31. The van der Waals surface area contributed by atoms with Crippen molar-refractivity contribution in [2.45, 2.75) is 13.8 Å². The maximum Gasteiger partial charge on any atom is 0.363 e. The number of hydrogen-bond donors (Lipinski definition) is 0. The van der Waals surface area contributed by atoms with Crippen molar-refractivity contribution in [3.63, 3.8) is 0 Å². The Morgan fingerprint density at radius 2 is 1.89 bits per heavy atom. The number of hydrogen-bond acceptors (Lipinski definition) is 5. The van der Waals surface area contributed by atoms with E-state index >= 15 is 0 Å². The summed E-state index contributed by atoms with van der Waals surface area (Å²) >= 11 is 6.90. The van der Waals surface area contributed by atoms with E-state index in [1.807, 2.05) is 50.2 Å². The Kier molecular flexibility index (Phi) is 6.34. The molecule has 1 aliphatic rings. The summed E-state index contributed by atoms with van der Waals surface area (Å²) in [5.41, 5.74) is 1.70. The molecule has 0 aliphatic carbocycles. The predicted molar refractivity (Wildman–Crippen MR) is 111 cm³/mol. The highest BCUT2D eigenvalue weighted by Gasteiger charge is 2.24. The molecule has 0 amide bonds. The van der Waals surface area contributed by atoms with Crippen LogP contribution in [-0.4, -0.2) is 25.1 Å². The lowest BCUT2D eigenvalue weighted by Crippen LogP contribution is -2.05. The molecular weight excluding hydrogens is 478 g/mol. The number of nitrogens with zero attached hydrogens (tertiary/aromatic N) is 1. The first-order chi connectivity index (χ1) is 13.0. The highest BCUT2D eigenvalue weighted by molar-refractivity contribution is 9.10. The number of ether oxygens (including phenoxy) is 3. The third-order valence-corrected chi connectivity index (χ3v) is 4.70. The van der Waals surface area contributed by atoms with Crippen molar-refractivity contribution in [3.8, 4) is 11.5 Å². The number of carbonyl (C=O) groups excluding carboxylic acids is 1. The summed E-state index contributed by atoms with van der Waals surface area (Å²) in [4.78, 5) is 16.6. The van der Waals surface area contributed by atoms with Gasteiger partial charge in [-0.15, -0.1) is 0 Å². The zero-order valence-corrected chi connectivity index (χ0v) is 18.0. The minimum atomic E-state index is -0.493. The van der Waals surface area contributed by atoms with Crippen LogP contribution in [0, 0.1) is 0 Å². The summed E-state index contributed by atoms with van der Waals surface area (Å²) in [6, 6.07) is 11.1. The van der Waals surface area contributed by atoms with Crippen LogP contribution in [0.5, 0.6) is 11.5 Å². The largest absolute Gasteiger partial charge is 0.490 e. The predicted octanol–water partition coefficient (Wildman–Crippen LogP) is 5.35. The van der Waals surface area contributed by atoms with Gasteiger partial charge in [0.25, 0.3) is 0 Å². The Morgan fingerprint density at radius 1 is 1.11 bits per heavy atom. The van der Waals surface area contributed by atoms with E-state index in [0.717, 1.165) is 20.1 Å². The average molecular weight is 495 g/mol. The second kappa shape index (κ2) is 8.71. The molecular formula is C20H17Br2NO4. The Bertz CT molecular complexity index is 938. The lowest BCUT2D eigenvalue weighted by molar-refractivity contribution is -0.129. The van der Waals surface area contributed by atoms with Gasteiger partial charge < -0.3 is 14.2 Å². The third-order valence-electron chi connectivity index (χ3n) is 3.62. The minimum Gasteiger partial charge on any atom is -0.490 e. The van der Waals surface area contributed by atoms with E-state index in [9.17, 15) is 4.79 Å². The van der Waals surface area contributed by atoms with Gasteiger partial charge in [0.2, 0.25) is 5.90 Å². The Balaban J connectivity index is 1.97. The van der Waals surface area contributed by atoms with Crippen LogP contribution in [-0.2, 0) is 9.53 Å². The van der Waals surface area contributed by atoms with Crippen molar-refractivity contribution < 1.29 is 19.0 Å². The quantitative estimate of drug-likeness (QED) is 0.401. The molecule has 140 valence electrons. The van der Waals surface area contributed by atoms with Gasteiger partial charge >= 0.3 is 5.97 Å². The summed E-state index contributed by atoms with van der Waals surface area (Å²) in [5, 5.41) is 0. The number of cyclic esters (lactones) is 1. The molecule has 0 aromatic heterocycles. The van der Waals surface area contributed by atoms with Crippen LogP contribution in [0.4, 0.5) is 0 Å². The summed E-state index contributed by atoms with van der Waals surface area (Å²) in [6.07, 6.45) is 1.66. The molecule has 0 atom stereocenters. The molecule has 0 fully saturated rings. The molecule has 2 aromatic carbocycles. The minimum absolute atomic E-state index is 0.225. The smallest absolute Gasteiger partial charge is 0.363 e. The molecule has 0 spiro atoms. The second-order valence-electron chi connectivity index (χ2n) is 5.54. The molecule has 2 aromatic rings. The van der Waals surface area contributed by atoms with Crippen molar-refractivity contribution in [2.75, 3.05) is 13.2 Å². The summed E-state index contributed by atoms with van der Waals surface area (Å²) in [7, 11) is 0. The molecule has 3 rings (SSSR count). The fourth-order valence-electron chi connectivity index (χ4n) is 2.53. The van der Waals surface area contributed by atoms with Gasteiger partial charge in [-0.05, 0) is 71.7 Å². The number of carbonyl (C=O) groups is 1. The molecule has 0 bridgehead atoms. The number of rotatable bonds is 6. The number of halogens is 2. The molecule has 5 nitrogen and oxygen atoms in total.